The molecule has 0 aromatic heterocycles. The molecule has 0 heterocycles. The first-order chi connectivity index (χ1) is 10.1. The largest absolute Gasteiger partial charge is 0.494 e. The number of carbonyl (C=O) groups excluding carboxylic acids is 2. The third-order valence-electron chi connectivity index (χ3n) is 2.28. The van der Waals surface area contributed by atoms with Gasteiger partial charge in [-0.3, -0.25) is 15.5 Å². The molecule has 0 bridgehead atoms. The van der Waals surface area contributed by atoms with Gasteiger partial charge in [0.1, 0.15) is 5.75 Å². The van der Waals surface area contributed by atoms with Gasteiger partial charge in [-0.25, -0.2) is 10.2 Å². The van der Waals surface area contributed by atoms with E-state index >= 15 is 0 Å². The summed E-state index contributed by atoms with van der Waals surface area (Å²) in [6.45, 7) is 2.64. The minimum absolute atomic E-state index is 0.0447. The van der Waals surface area contributed by atoms with E-state index in [2.05, 4.69) is 20.9 Å². The molecule has 1 rings (SSSR count). The molecular formula is C13H17N3O4S. The van der Waals surface area contributed by atoms with Crippen molar-refractivity contribution >= 4 is 29.3 Å². The Balaban J connectivity index is 2.47. The quantitative estimate of drug-likeness (QED) is 0.574. The lowest BCUT2D eigenvalue weighted by Gasteiger charge is -2.10. The zero-order valence-electron chi connectivity index (χ0n) is 11.8. The third-order valence-corrected chi connectivity index (χ3v) is 2.48. The summed E-state index contributed by atoms with van der Waals surface area (Å²) in [4.78, 5) is 22.7. The Bertz CT molecular complexity index is 505. The van der Waals surface area contributed by atoms with Gasteiger partial charge in [-0.05, 0) is 42.9 Å². The first-order valence-corrected chi connectivity index (χ1v) is 6.65. The monoisotopic (exact) mass is 311 g/mol. The molecule has 7 nitrogen and oxygen atoms in total. The highest BCUT2D eigenvalue weighted by atomic mass is 32.1. The summed E-state index contributed by atoms with van der Waals surface area (Å²) in [6.07, 6.45) is 0.194. The molecule has 114 valence electrons. The average Bonchev–Trinajstić information content (AvgIpc) is 2.50. The van der Waals surface area contributed by atoms with Gasteiger partial charge >= 0.3 is 6.09 Å². The summed E-state index contributed by atoms with van der Waals surface area (Å²) in [5.74, 6) is 0.294. The number of amides is 2. The molecule has 0 spiro atoms. The zero-order valence-corrected chi connectivity index (χ0v) is 12.6. The molecule has 0 saturated carbocycles. The van der Waals surface area contributed by atoms with Crippen molar-refractivity contribution in [2.45, 2.75) is 13.3 Å². The number of carbonyl (C=O) groups is 2. The van der Waals surface area contributed by atoms with Crippen LogP contribution < -0.4 is 20.9 Å². The summed E-state index contributed by atoms with van der Waals surface area (Å²) < 4.78 is 9.75. The number of hydrazine groups is 1. The van der Waals surface area contributed by atoms with Crippen molar-refractivity contribution < 1.29 is 19.1 Å². The van der Waals surface area contributed by atoms with Crippen LogP contribution in [0.3, 0.4) is 0 Å². The van der Waals surface area contributed by atoms with Gasteiger partial charge < -0.3 is 9.47 Å². The van der Waals surface area contributed by atoms with Gasteiger partial charge in [0.15, 0.2) is 5.11 Å². The van der Waals surface area contributed by atoms with E-state index in [0.717, 1.165) is 6.42 Å². The normalized spacial score (nSPS) is 9.43. The van der Waals surface area contributed by atoms with Gasteiger partial charge in [0.2, 0.25) is 0 Å². The molecule has 0 aliphatic carbocycles. The van der Waals surface area contributed by atoms with E-state index in [0.29, 0.717) is 17.9 Å². The number of nitrogens with one attached hydrogen (secondary N) is 3. The molecule has 0 fully saturated rings. The number of hydrogen-bond donors (Lipinski definition) is 3. The van der Waals surface area contributed by atoms with E-state index in [1.165, 1.54) is 7.11 Å². The summed E-state index contributed by atoms with van der Waals surface area (Å²) in [7, 11) is 1.21. The van der Waals surface area contributed by atoms with Crippen LogP contribution in [0.5, 0.6) is 5.75 Å². The highest BCUT2D eigenvalue weighted by molar-refractivity contribution is 7.80. The molecule has 1 aromatic carbocycles. The van der Waals surface area contributed by atoms with Crippen LogP contribution in [0.2, 0.25) is 0 Å². The predicted molar refractivity (Wildman–Crippen MR) is 81.0 cm³/mol. The summed E-state index contributed by atoms with van der Waals surface area (Å²) >= 11 is 4.84. The van der Waals surface area contributed by atoms with Crippen molar-refractivity contribution in [3.8, 4) is 5.75 Å². The number of ether oxygens (including phenoxy) is 2. The van der Waals surface area contributed by atoms with Gasteiger partial charge in [-0.2, -0.15) is 0 Å². The second-order valence-electron chi connectivity index (χ2n) is 3.90. The summed E-state index contributed by atoms with van der Waals surface area (Å²) in [5, 5.41) is 2.36. The minimum atomic E-state index is -0.718. The second kappa shape index (κ2) is 8.75. The number of methoxy groups -OCH3 is 1. The van der Waals surface area contributed by atoms with Gasteiger partial charge in [0.25, 0.3) is 5.91 Å². The van der Waals surface area contributed by atoms with Gasteiger partial charge in [-0.1, -0.05) is 6.92 Å². The number of benzene rings is 1. The van der Waals surface area contributed by atoms with E-state index in [4.69, 9.17) is 17.0 Å². The molecule has 21 heavy (non-hydrogen) atoms. The van der Waals surface area contributed by atoms with Crippen molar-refractivity contribution in [1.82, 2.24) is 16.2 Å². The molecule has 0 atom stereocenters. The van der Waals surface area contributed by atoms with Crippen molar-refractivity contribution in [2.75, 3.05) is 13.7 Å². The van der Waals surface area contributed by atoms with Crippen LogP contribution >= 0.6 is 12.2 Å². The minimum Gasteiger partial charge on any atom is -0.494 e. The summed E-state index contributed by atoms with van der Waals surface area (Å²) in [5.41, 5.74) is 4.88. The van der Waals surface area contributed by atoms with E-state index in [9.17, 15) is 9.59 Å². The van der Waals surface area contributed by atoms with Crippen LogP contribution in [0.1, 0.15) is 23.7 Å². The van der Waals surface area contributed by atoms with Crippen LogP contribution in [0, 0.1) is 0 Å². The molecule has 3 N–H and O–H groups in total. The molecule has 8 heteroatoms. The van der Waals surface area contributed by atoms with Crippen LogP contribution in [0.25, 0.3) is 0 Å². The maximum atomic E-state index is 11.9. The van der Waals surface area contributed by atoms with Gasteiger partial charge in [-0.15, -0.1) is 0 Å². The van der Waals surface area contributed by atoms with Crippen LogP contribution in [-0.4, -0.2) is 30.8 Å². The van der Waals surface area contributed by atoms with Gasteiger partial charge in [0, 0.05) is 5.56 Å². The average molecular weight is 311 g/mol. The predicted octanol–water partition coefficient (Wildman–Crippen LogP) is 1.35. The zero-order chi connectivity index (χ0) is 15.7. The molecule has 0 saturated heterocycles. The molecule has 0 aliphatic rings. The fraction of sp³-hybridized carbons (Fsp3) is 0.308. The summed E-state index contributed by atoms with van der Waals surface area (Å²) in [6, 6.07) is 6.65. The Morgan fingerprint density at radius 1 is 1.19 bits per heavy atom. The Morgan fingerprint density at radius 3 is 2.43 bits per heavy atom. The van der Waals surface area contributed by atoms with Crippen molar-refractivity contribution in [1.29, 1.82) is 0 Å². The first-order valence-electron chi connectivity index (χ1n) is 6.25. The van der Waals surface area contributed by atoms with Crippen molar-refractivity contribution in [2.24, 2.45) is 0 Å². The SMILES string of the molecule is CCCOc1ccc(C(=O)NC(=S)NNC(=O)OC)cc1. The Morgan fingerprint density at radius 2 is 1.86 bits per heavy atom. The fourth-order valence-electron chi connectivity index (χ4n) is 1.29. The van der Waals surface area contributed by atoms with Crippen molar-refractivity contribution in [3.05, 3.63) is 29.8 Å². The van der Waals surface area contributed by atoms with Crippen molar-refractivity contribution in [3.63, 3.8) is 0 Å². The smallest absolute Gasteiger partial charge is 0.425 e. The Kier molecular flexibility index (Phi) is 6.96. The Labute approximate surface area is 128 Å². The topological polar surface area (TPSA) is 88.7 Å². The maximum Gasteiger partial charge on any atom is 0.425 e. The lowest BCUT2D eigenvalue weighted by Crippen LogP contribution is -2.48. The first kappa shape index (κ1) is 16.7. The number of hydrogen-bond acceptors (Lipinski definition) is 5. The van der Waals surface area contributed by atoms with Crippen LogP contribution in [-0.2, 0) is 4.74 Å². The Hall–Kier alpha value is -2.35. The standard InChI is InChI=1S/C13H17N3O4S/c1-3-8-20-10-6-4-9(5-7-10)11(17)14-12(21)15-16-13(18)19-2/h4-7H,3,8H2,1-2H3,(H,16,18)(H2,14,15,17,21). The van der Waals surface area contributed by atoms with Crippen LogP contribution in [0.4, 0.5) is 4.79 Å². The molecule has 0 radical (unpaired) electrons. The van der Waals surface area contributed by atoms with E-state index < -0.39 is 12.0 Å². The molecule has 1 aromatic rings. The third kappa shape index (κ3) is 6.09. The van der Waals surface area contributed by atoms with Crippen LogP contribution in [0.15, 0.2) is 24.3 Å². The molecule has 0 unspecified atom stereocenters. The lowest BCUT2D eigenvalue weighted by atomic mass is 10.2. The van der Waals surface area contributed by atoms with E-state index in [-0.39, 0.29) is 5.11 Å². The highest BCUT2D eigenvalue weighted by Crippen LogP contribution is 2.12. The highest BCUT2D eigenvalue weighted by Gasteiger charge is 2.08. The molecular weight excluding hydrogens is 294 g/mol. The lowest BCUT2D eigenvalue weighted by molar-refractivity contribution is 0.0975. The maximum absolute atomic E-state index is 11.9. The molecule has 2 amide bonds. The van der Waals surface area contributed by atoms with E-state index in [1.807, 2.05) is 6.92 Å². The number of thiocarbonyl (C=S) groups is 1. The molecule has 0 aliphatic heterocycles. The second-order valence-corrected chi connectivity index (χ2v) is 4.31. The van der Waals surface area contributed by atoms with E-state index in [1.54, 1.807) is 24.3 Å². The fourth-order valence-corrected chi connectivity index (χ4v) is 1.43. The van der Waals surface area contributed by atoms with Gasteiger partial charge in [0.05, 0.1) is 13.7 Å². The number of rotatable bonds is 4.